The molecule has 3 aromatic rings. The van der Waals surface area contributed by atoms with Crippen LogP contribution in [0, 0.1) is 12.7 Å². The SMILES string of the molecule is Cc1oc(-c2cc3c(cc2Cl)OCO3)nc1CN1CCNC(=O)[C@@H]1c1ccc(F)cc1. The van der Waals surface area contributed by atoms with Crippen LogP contribution in [0.4, 0.5) is 4.39 Å². The van der Waals surface area contributed by atoms with Gasteiger partial charge in [0, 0.05) is 25.7 Å². The number of hydrogen-bond donors (Lipinski definition) is 1. The van der Waals surface area contributed by atoms with Gasteiger partial charge in [0.05, 0.1) is 16.3 Å². The number of fused-ring (bicyclic) bond motifs is 1. The molecule has 5 rings (SSSR count). The lowest BCUT2D eigenvalue weighted by molar-refractivity contribution is -0.129. The summed E-state index contributed by atoms with van der Waals surface area (Å²) in [5, 5.41) is 3.32. The lowest BCUT2D eigenvalue weighted by Gasteiger charge is -2.34. The van der Waals surface area contributed by atoms with Gasteiger partial charge in [0.1, 0.15) is 17.6 Å². The van der Waals surface area contributed by atoms with Crippen molar-refractivity contribution in [3.8, 4) is 23.0 Å². The summed E-state index contributed by atoms with van der Waals surface area (Å²) in [5.41, 5.74) is 2.02. The first-order valence-corrected chi connectivity index (χ1v) is 10.2. The number of rotatable bonds is 4. The molecule has 1 amide bonds. The van der Waals surface area contributed by atoms with E-state index in [1.54, 1.807) is 24.3 Å². The maximum Gasteiger partial charge on any atom is 0.242 e. The van der Waals surface area contributed by atoms with E-state index in [0.29, 0.717) is 59.1 Å². The summed E-state index contributed by atoms with van der Waals surface area (Å²) in [6.45, 7) is 3.51. The summed E-state index contributed by atoms with van der Waals surface area (Å²) in [5.74, 6) is 1.70. The van der Waals surface area contributed by atoms with Crippen LogP contribution in [0.25, 0.3) is 11.5 Å². The van der Waals surface area contributed by atoms with Crippen LogP contribution < -0.4 is 14.8 Å². The fraction of sp³-hybridized carbons (Fsp3) is 0.273. The number of amides is 1. The van der Waals surface area contributed by atoms with E-state index in [1.807, 2.05) is 11.8 Å². The highest BCUT2D eigenvalue weighted by Crippen LogP contribution is 2.41. The number of halogens is 2. The van der Waals surface area contributed by atoms with Gasteiger partial charge in [-0.1, -0.05) is 23.7 Å². The third-order valence-electron chi connectivity index (χ3n) is 5.44. The third-order valence-corrected chi connectivity index (χ3v) is 5.75. The minimum Gasteiger partial charge on any atom is -0.454 e. The van der Waals surface area contributed by atoms with E-state index in [-0.39, 0.29) is 18.5 Å². The van der Waals surface area contributed by atoms with Crippen LogP contribution >= 0.6 is 11.6 Å². The first-order chi connectivity index (χ1) is 15.0. The average Bonchev–Trinajstić information content (AvgIpc) is 3.34. The summed E-state index contributed by atoms with van der Waals surface area (Å²) < 4.78 is 30.0. The Bertz CT molecular complexity index is 1150. The van der Waals surface area contributed by atoms with Crippen molar-refractivity contribution in [1.82, 2.24) is 15.2 Å². The van der Waals surface area contributed by atoms with Crippen LogP contribution in [-0.4, -0.2) is 35.7 Å². The van der Waals surface area contributed by atoms with Crippen molar-refractivity contribution in [3.63, 3.8) is 0 Å². The summed E-state index contributed by atoms with van der Waals surface area (Å²) in [6.07, 6.45) is 0. The molecule has 3 heterocycles. The number of ether oxygens (including phenoxy) is 2. The topological polar surface area (TPSA) is 76.8 Å². The molecule has 2 aromatic carbocycles. The minimum absolute atomic E-state index is 0.127. The quantitative estimate of drug-likeness (QED) is 0.660. The number of nitrogens with one attached hydrogen (secondary N) is 1. The normalized spacial score (nSPS) is 18.3. The van der Waals surface area contributed by atoms with Gasteiger partial charge in [0.15, 0.2) is 11.5 Å². The predicted molar refractivity (Wildman–Crippen MR) is 110 cm³/mol. The van der Waals surface area contributed by atoms with Crippen molar-refractivity contribution >= 4 is 17.5 Å². The van der Waals surface area contributed by atoms with Gasteiger partial charge in [0.2, 0.25) is 18.6 Å². The number of aromatic nitrogens is 1. The molecule has 7 nitrogen and oxygen atoms in total. The second kappa shape index (κ2) is 7.86. The summed E-state index contributed by atoms with van der Waals surface area (Å²) in [4.78, 5) is 19.3. The number of carbonyl (C=O) groups excluding carboxylic acids is 1. The van der Waals surface area contributed by atoms with E-state index in [2.05, 4.69) is 10.3 Å². The van der Waals surface area contributed by atoms with E-state index in [9.17, 15) is 9.18 Å². The van der Waals surface area contributed by atoms with E-state index < -0.39 is 6.04 Å². The lowest BCUT2D eigenvalue weighted by Crippen LogP contribution is -2.49. The number of carbonyl (C=O) groups is 1. The van der Waals surface area contributed by atoms with Crippen molar-refractivity contribution < 1.29 is 23.1 Å². The number of hydrogen-bond acceptors (Lipinski definition) is 6. The van der Waals surface area contributed by atoms with Gasteiger partial charge >= 0.3 is 0 Å². The Kier molecular flexibility index (Phi) is 5.03. The van der Waals surface area contributed by atoms with E-state index in [4.69, 9.17) is 25.5 Å². The molecule has 1 atom stereocenters. The van der Waals surface area contributed by atoms with Gasteiger partial charge in [0.25, 0.3) is 0 Å². The fourth-order valence-electron chi connectivity index (χ4n) is 3.86. The Hall–Kier alpha value is -3.10. The van der Waals surface area contributed by atoms with Crippen molar-refractivity contribution in [1.29, 1.82) is 0 Å². The second-order valence-electron chi connectivity index (χ2n) is 7.42. The van der Waals surface area contributed by atoms with Crippen molar-refractivity contribution in [2.45, 2.75) is 19.5 Å². The number of oxazole rings is 1. The standard InChI is InChI=1S/C22H19ClFN3O4/c1-12-17(26-22(31-12)15-8-18-19(9-16(15)23)30-11-29-18)10-27-7-6-25-21(28)20(27)13-2-4-14(24)5-3-13/h2-5,8-9,20H,6-7,10-11H2,1H3,(H,25,28)/t20-/m0/s1. The highest BCUT2D eigenvalue weighted by Gasteiger charge is 2.32. The highest BCUT2D eigenvalue weighted by molar-refractivity contribution is 6.33. The molecule has 160 valence electrons. The molecule has 1 fully saturated rings. The summed E-state index contributed by atoms with van der Waals surface area (Å²) >= 11 is 6.40. The second-order valence-corrected chi connectivity index (χ2v) is 7.83. The van der Waals surface area contributed by atoms with Crippen LogP contribution in [0.1, 0.15) is 23.1 Å². The van der Waals surface area contributed by atoms with Gasteiger partial charge in [-0.2, -0.15) is 0 Å². The molecule has 0 bridgehead atoms. The fourth-order valence-corrected chi connectivity index (χ4v) is 4.09. The van der Waals surface area contributed by atoms with Gasteiger partial charge in [-0.15, -0.1) is 0 Å². The number of aryl methyl sites for hydroxylation is 1. The zero-order chi connectivity index (χ0) is 21.5. The molecule has 2 aliphatic heterocycles. The number of piperazine rings is 1. The van der Waals surface area contributed by atoms with Crippen molar-refractivity contribution in [2.75, 3.05) is 19.9 Å². The Morgan fingerprint density at radius 3 is 2.74 bits per heavy atom. The molecular weight excluding hydrogens is 425 g/mol. The first kappa shape index (κ1) is 19.8. The molecule has 1 N–H and O–H groups in total. The molecule has 31 heavy (non-hydrogen) atoms. The minimum atomic E-state index is -0.539. The summed E-state index contributed by atoms with van der Waals surface area (Å²) in [6, 6.07) is 8.86. The lowest BCUT2D eigenvalue weighted by atomic mass is 10.0. The van der Waals surface area contributed by atoms with Crippen LogP contribution in [0.3, 0.4) is 0 Å². The smallest absolute Gasteiger partial charge is 0.242 e. The third kappa shape index (κ3) is 3.73. The maximum absolute atomic E-state index is 13.4. The molecule has 0 unspecified atom stereocenters. The van der Waals surface area contributed by atoms with Crippen LogP contribution in [0.2, 0.25) is 5.02 Å². The number of benzene rings is 2. The predicted octanol–water partition coefficient (Wildman–Crippen LogP) is 3.84. The average molecular weight is 444 g/mol. The summed E-state index contributed by atoms with van der Waals surface area (Å²) in [7, 11) is 0. The zero-order valence-corrected chi connectivity index (χ0v) is 17.4. The van der Waals surface area contributed by atoms with Crippen molar-refractivity contribution in [2.24, 2.45) is 0 Å². The van der Waals surface area contributed by atoms with Gasteiger partial charge in [-0.3, -0.25) is 9.69 Å². The van der Waals surface area contributed by atoms with E-state index in [0.717, 1.165) is 5.56 Å². The molecule has 0 spiro atoms. The van der Waals surface area contributed by atoms with Crippen LogP contribution in [-0.2, 0) is 11.3 Å². The Morgan fingerprint density at radius 2 is 1.97 bits per heavy atom. The van der Waals surface area contributed by atoms with E-state index in [1.165, 1.54) is 12.1 Å². The molecule has 2 aliphatic rings. The van der Waals surface area contributed by atoms with Gasteiger partial charge < -0.3 is 19.2 Å². The molecule has 9 heteroatoms. The Labute approximate surface area is 182 Å². The maximum atomic E-state index is 13.4. The molecular formula is C22H19ClFN3O4. The number of nitrogens with zero attached hydrogens (tertiary/aromatic N) is 2. The Morgan fingerprint density at radius 1 is 1.23 bits per heavy atom. The van der Waals surface area contributed by atoms with Crippen LogP contribution in [0.5, 0.6) is 11.5 Å². The molecule has 1 aromatic heterocycles. The first-order valence-electron chi connectivity index (χ1n) is 9.82. The largest absolute Gasteiger partial charge is 0.454 e. The molecule has 0 saturated carbocycles. The Balaban J connectivity index is 1.44. The zero-order valence-electron chi connectivity index (χ0n) is 16.7. The molecule has 1 saturated heterocycles. The van der Waals surface area contributed by atoms with Crippen LogP contribution in [0.15, 0.2) is 40.8 Å². The van der Waals surface area contributed by atoms with Gasteiger partial charge in [-0.05, 0) is 30.7 Å². The molecule has 0 aliphatic carbocycles. The van der Waals surface area contributed by atoms with Gasteiger partial charge in [-0.25, -0.2) is 9.37 Å². The highest BCUT2D eigenvalue weighted by atomic mass is 35.5. The molecule has 0 radical (unpaired) electrons. The van der Waals surface area contributed by atoms with E-state index >= 15 is 0 Å². The monoisotopic (exact) mass is 443 g/mol. The van der Waals surface area contributed by atoms with Crippen molar-refractivity contribution in [3.05, 3.63) is 64.3 Å².